The summed E-state index contributed by atoms with van der Waals surface area (Å²) in [5.74, 6) is -1.45. The molecule has 3 aromatic carbocycles. The first-order chi connectivity index (χ1) is 18.9. The number of amides is 2. The average molecular weight is 524 g/mol. The Morgan fingerprint density at radius 2 is 1.62 bits per heavy atom. The molecule has 0 radical (unpaired) electrons. The van der Waals surface area contributed by atoms with Crippen LogP contribution in [0.4, 0.5) is 8.78 Å². The second-order valence-corrected chi connectivity index (χ2v) is 9.58. The van der Waals surface area contributed by atoms with Crippen molar-refractivity contribution in [3.63, 3.8) is 0 Å². The van der Waals surface area contributed by atoms with Crippen molar-refractivity contribution >= 4 is 22.8 Å². The van der Waals surface area contributed by atoms with Crippen molar-refractivity contribution < 1.29 is 22.8 Å². The first-order valence-corrected chi connectivity index (χ1v) is 12.5. The zero-order valence-corrected chi connectivity index (χ0v) is 20.9. The second kappa shape index (κ2) is 9.47. The number of hydrogen-bond donors (Lipinski definition) is 2. The molecule has 6 nitrogen and oxygen atoms in total. The highest BCUT2D eigenvalue weighted by molar-refractivity contribution is 6.12. The molecule has 8 heteroatoms. The molecule has 2 amide bonds. The first kappa shape index (κ1) is 24.5. The molecule has 6 rings (SSSR count). The van der Waals surface area contributed by atoms with E-state index in [1.54, 1.807) is 30.5 Å². The fourth-order valence-electron chi connectivity index (χ4n) is 4.83. The molecule has 0 atom stereocenters. The molecular formula is C31H23F2N3O3. The van der Waals surface area contributed by atoms with Crippen LogP contribution in [-0.4, -0.2) is 23.8 Å². The Balaban J connectivity index is 1.38. The number of nitrogens with one attached hydrogen (secondary N) is 2. The normalized spacial score (nSPS) is 13.7. The smallest absolute Gasteiger partial charge is 0.255 e. The van der Waals surface area contributed by atoms with Gasteiger partial charge in [0, 0.05) is 29.8 Å². The number of carbonyl (C=O) groups is 2. The summed E-state index contributed by atoms with van der Waals surface area (Å²) in [6.07, 6.45) is 3.20. The van der Waals surface area contributed by atoms with E-state index >= 15 is 0 Å². The van der Waals surface area contributed by atoms with Gasteiger partial charge in [0.2, 0.25) is 0 Å². The van der Waals surface area contributed by atoms with Crippen LogP contribution in [0.1, 0.15) is 39.3 Å². The van der Waals surface area contributed by atoms with Crippen molar-refractivity contribution in [2.45, 2.75) is 18.4 Å². The van der Waals surface area contributed by atoms with Gasteiger partial charge in [-0.05, 0) is 90.7 Å². The summed E-state index contributed by atoms with van der Waals surface area (Å²) in [5, 5.41) is 6.16. The molecule has 0 unspecified atom stereocenters. The fraction of sp³-hybridized carbons (Fsp3) is 0.129. The maximum absolute atomic E-state index is 14.8. The zero-order valence-electron chi connectivity index (χ0n) is 20.9. The highest BCUT2D eigenvalue weighted by Gasteiger charge is 2.47. The number of furan rings is 1. The molecule has 0 spiro atoms. The predicted molar refractivity (Wildman–Crippen MR) is 143 cm³/mol. The third-order valence-corrected chi connectivity index (χ3v) is 7.00. The quantitative estimate of drug-likeness (QED) is 0.277. The molecule has 194 valence electrons. The Hall–Kier alpha value is -4.85. The number of nitrogens with zero attached hydrogens (tertiary/aromatic N) is 1. The minimum absolute atomic E-state index is 0.179. The molecule has 2 N–H and O–H groups in total. The summed E-state index contributed by atoms with van der Waals surface area (Å²) in [6, 6.07) is 20.5. The molecule has 2 aromatic heterocycles. The lowest BCUT2D eigenvalue weighted by molar-refractivity contribution is 0.0927. The summed E-state index contributed by atoms with van der Waals surface area (Å²) in [6.45, 7) is 0. The molecule has 39 heavy (non-hydrogen) atoms. The zero-order chi connectivity index (χ0) is 27.1. The number of pyridine rings is 1. The van der Waals surface area contributed by atoms with E-state index in [1.165, 1.54) is 43.4 Å². The van der Waals surface area contributed by atoms with Crippen molar-refractivity contribution in [1.29, 1.82) is 0 Å². The molecule has 1 fully saturated rings. The van der Waals surface area contributed by atoms with Gasteiger partial charge in [-0.25, -0.2) is 8.78 Å². The molecule has 1 saturated carbocycles. The highest BCUT2D eigenvalue weighted by atomic mass is 19.1. The van der Waals surface area contributed by atoms with E-state index in [4.69, 9.17) is 4.42 Å². The lowest BCUT2D eigenvalue weighted by Crippen LogP contribution is -2.35. The summed E-state index contributed by atoms with van der Waals surface area (Å²) < 4.78 is 34.3. The van der Waals surface area contributed by atoms with Crippen LogP contribution in [-0.2, 0) is 5.54 Å². The van der Waals surface area contributed by atoms with E-state index in [-0.39, 0.29) is 17.0 Å². The Bertz CT molecular complexity index is 1730. The van der Waals surface area contributed by atoms with E-state index in [9.17, 15) is 18.4 Å². The van der Waals surface area contributed by atoms with Crippen molar-refractivity contribution in [3.8, 4) is 22.5 Å². The van der Waals surface area contributed by atoms with Crippen LogP contribution in [0.3, 0.4) is 0 Å². The number of carbonyl (C=O) groups excluding carboxylic acids is 2. The van der Waals surface area contributed by atoms with E-state index in [0.29, 0.717) is 33.4 Å². The van der Waals surface area contributed by atoms with Crippen molar-refractivity contribution in [3.05, 3.63) is 114 Å². The van der Waals surface area contributed by atoms with Gasteiger partial charge in [0.25, 0.3) is 11.8 Å². The maximum atomic E-state index is 14.8. The van der Waals surface area contributed by atoms with Gasteiger partial charge in [-0.15, -0.1) is 0 Å². The monoisotopic (exact) mass is 523 g/mol. The van der Waals surface area contributed by atoms with Gasteiger partial charge in [-0.1, -0.05) is 12.1 Å². The van der Waals surface area contributed by atoms with Crippen LogP contribution in [0, 0.1) is 11.6 Å². The van der Waals surface area contributed by atoms with E-state index < -0.39 is 23.1 Å². The van der Waals surface area contributed by atoms with Crippen LogP contribution >= 0.6 is 0 Å². The standard InChI is InChI=1S/C31H23F2N3O3/c1-34-30(38)27-24-17-19(7-10-25(24)39-28(27)18-5-8-22(32)9-6-18)20-14-21(16-23(33)15-20)29(37)36-31(11-12-31)26-4-2-3-13-35-26/h2-10,13-17H,11-12H2,1H3,(H,34,38)(H,36,37). The van der Waals surface area contributed by atoms with Crippen molar-refractivity contribution in [2.24, 2.45) is 0 Å². The molecule has 0 aliphatic heterocycles. The van der Waals surface area contributed by atoms with E-state index in [2.05, 4.69) is 15.6 Å². The van der Waals surface area contributed by atoms with Crippen LogP contribution in [0.15, 0.2) is 89.5 Å². The number of aromatic nitrogens is 1. The summed E-state index contributed by atoms with van der Waals surface area (Å²) in [4.78, 5) is 30.5. The first-order valence-electron chi connectivity index (χ1n) is 12.5. The number of fused-ring (bicyclic) bond motifs is 1. The van der Waals surface area contributed by atoms with Crippen molar-refractivity contribution in [2.75, 3.05) is 7.05 Å². The minimum Gasteiger partial charge on any atom is -0.455 e. The largest absolute Gasteiger partial charge is 0.455 e. The third-order valence-electron chi connectivity index (χ3n) is 7.00. The molecule has 1 aliphatic rings. The van der Waals surface area contributed by atoms with Crippen LogP contribution in [0.25, 0.3) is 33.4 Å². The highest BCUT2D eigenvalue weighted by Crippen LogP contribution is 2.44. The number of hydrogen-bond acceptors (Lipinski definition) is 4. The van der Waals surface area contributed by atoms with Gasteiger partial charge >= 0.3 is 0 Å². The third kappa shape index (κ3) is 4.54. The Kier molecular flexibility index (Phi) is 5.95. The second-order valence-electron chi connectivity index (χ2n) is 9.58. The van der Waals surface area contributed by atoms with Gasteiger partial charge in [0.15, 0.2) is 0 Å². The minimum atomic E-state index is -0.564. The summed E-state index contributed by atoms with van der Waals surface area (Å²) >= 11 is 0. The molecule has 0 saturated heterocycles. The lowest BCUT2D eigenvalue weighted by atomic mass is 9.98. The van der Waals surface area contributed by atoms with E-state index in [1.807, 2.05) is 18.2 Å². The number of halogens is 2. The van der Waals surface area contributed by atoms with E-state index in [0.717, 1.165) is 18.5 Å². The Labute approximate surface area is 222 Å². The fourth-order valence-corrected chi connectivity index (χ4v) is 4.83. The van der Waals surface area contributed by atoms with Crippen molar-refractivity contribution in [1.82, 2.24) is 15.6 Å². The van der Waals surface area contributed by atoms with Gasteiger partial charge < -0.3 is 15.1 Å². The summed E-state index contributed by atoms with van der Waals surface area (Å²) in [7, 11) is 1.51. The average Bonchev–Trinajstić information content (AvgIpc) is 3.64. The Morgan fingerprint density at radius 1 is 0.846 bits per heavy atom. The van der Waals surface area contributed by atoms with Gasteiger partial charge in [-0.2, -0.15) is 0 Å². The molecule has 5 aromatic rings. The molecule has 2 heterocycles. The van der Waals surface area contributed by atoms with Crippen LogP contribution in [0.2, 0.25) is 0 Å². The predicted octanol–water partition coefficient (Wildman–Crippen LogP) is 6.22. The molecule has 1 aliphatic carbocycles. The van der Waals surface area contributed by atoms with Gasteiger partial charge in [0.05, 0.1) is 16.8 Å². The number of benzene rings is 3. The summed E-state index contributed by atoms with van der Waals surface area (Å²) in [5.41, 5.74) is 2.74. The SMILES string of the molecule is CNC(=O)c1c(-c2ccc(F)cc2)oc2ccc(-c3cc(F)cc(C(=O)NC4(c5ccccn5)CC4)c3)cc12. The lowest BCUT2D eigenvalue weighted by Gasteiger charge is -2.17. The van der Waals surface area contributed by atoms with Gasteiger partial charge in [-0.3, -0.25) is 14.6 Å². The maximum Gasteiger partial charge on any atom is 0.255 e. The van der Waals surface area contributed by atoms with Crippen LogP contribution in [0.5, 0.6) is 0 Å². The molecular weight excluding hydrogens is 500 g/mol. The number of rotatable bonds is 6. The van der Waals surface area contributed by atoms with Crippen LogP contribution < -0.4 is 10.6 Å². The Morgan fingerprint density at radius 3 is 2.31 bits per heavy atom. The van der Waals surface area contributed by atoms with Gasteiger partial charge in [0.1, 0.15) is 23.0 Å². The topological polar surface area (TPSA) is 84.2 Å². The molecule has 0 bridgehead atoms.